The van der Waals surface area contributed by atoms with Gasteiger partial charge in [0.25, 0.3) is 0 Å². The molecule has 8 heteroatoms. The molecule has 33 heavy (non-hydrogen) atoms. The lowest BCUT2D eigenvalue weighted by molar-refractivity contribution is -0.134. The van der Waals surface area contributed by atoms with Crippen LogP contribution in [-0.4, -0.2) is 48.4 Å². The van der Waals surface area contributed by atoms with Crippen molar-refractivity contribution < 1.29 is 14.3 Å². The van der Waals surface area contributed by atoms with E-state index in [4.69, 9.17) is 21.9 Å². The highest BCUT2D eigenvalue weighted by Crippen LogP contribution is 2.28. The first-order chi connectivity index (χ1) is 15.9. The Kier molecular flexibility index (Phi) is 8.69. The van der Waals surface area contributed by atoms with Gasteiger partial charge in [-0.05, 0) is 48.9 Å². The normalized spacial score (nSPS) is 17.7. The highest BCUT2D eigenvalue weighted by atomic mass is 16.5. The summed E-state index contributed by atoms with van der Waals surface area (Å²) in [5.41, 5.74) is 18.4. The van der Waals surface area contributed by atoms with E-state index in [1.807, 2.05) is 47.4 Å². The fourth-order valence-corrected chi connectivity index (χ4v) is 4.19. The van der Waals surface area contributed by atoms with Crippen LogP contribution >= 0.6 is 0 Å². The number of nitrogens with two attached hydrogens (primary N) is 3. The first-order valence-corrected chi connectivity index (χ1v) is 11.3. The monoisotopic (exact) mass is 451 g/mol. The lowest BCUT2D eigenvalue weighted by atomic mass is 10.0. The zero-order valence-electron chi connectivity index (χ0n) is 18.9. The molecule has 2 amide bonds. The van der Waals surface area contributed by atoms with E-state index >= 15 is 0 Å². The third kappa shape index (κ3) is 7.52. The molecular weight excluding hydrogens is 418 g/mol. The van der Waals surface area contributed by atoms with E-state index in [1.54, 1.807) is 0 Å². The molecule has 6 N–H and O–H groups in total. The van der Waals surface area contributed by atoms with E-state index in [9.17, 15) is 9.59 Å². The van der Waals surface area contributed by atoms with Gasteiger partial charge < -0.3 is 26.8 Å². The number of nitrogens with zero attached hydrogens (tertiary/aromatic N) is 2. The van der Waals surface area contributed by atoms with Gasteiger partial charge in [-0.1, -0.05) is 42.5 Å². The summed E-state index contributed by atoms with van der Waals surface area (Å²) in [5.74, 6) is -0.00796. The maximum absolute atomic E-state index is 12.9. The van der Waals surface area contributed by atoms with Crippen molar-refractivity contribution in [2.75, 3.05) is 19.7 Å². The van der Waals surface area contributed by atoms with Crippen molar-refractivity contribution in [3.8, 4) is 5.75 Å². The van der Waals surface area contributed by atoms with Crippen LogP contribution in [0.4, 0.5) is 0 Å². The van der Waals surface area contributed by atoms with E-state index in [-0.39, 0.29) is 30.2 Å². The summed E-state index contributed by atoms with van der Waals surface area (Å²) >= 11 is 0. The van der Waals surface area contributed by atoms with E-state index in [0.717, 1.165) is 30.6 Å². The number of amides is 2. The van der Waals surface area contributed by atoms with Gasteiger partial charge in [0.15, 0.2) is 5.96 Å². The van der Waals surface area contributed by atoms with Gasteiger partial charge in [0.2, 0.25) is 11.8 Å². The first kappa shape index (κ1) is 24.1. The summed E-state index contributed by atoms with van der Waals surface area (Å²) < 4.78 is 6.01. The number of likely N-dealkylation sites (tertiary alicyclic amines) is 1. The summed E-state index contributed by atoms with van der Waals surface area (Å²) in [6.07, 6.45) is 3.12. The molecule has 2 aromatic carbocycles. The van der Waals surface area contributed by atoms with E-state index in [1.165, 1.54) is 5.56 Å². The van der Waals surface area contributed by atoms with Gasteiger partial charge in [-0.15, -0.1) is 0 Å². The summed E-state index contributed by atoms with van der Waals surface area (Å²) in [6, 6.07) is 17.9. The molecule has 1 fully saturated rings. The topological polar surface area (TPSA) is 137 Å². The van der Waals surface area contributed by atoms with Crippen LogP contribution in [-0.2, 0) is 22.4 Å². The van der Waals surface area contributed by atoms with Crippen LogP contribution in [0.25, 0.3) is 0 Å². The molecule has 3 rings (SSSR count). The standard InChI is InChI=1S/C25H33N5O3/c26-23(31)16-20-15-21(30(24(20)32)14-4-7-18-5-2-1-3-6-18)17-33-22-10-8-19(9-11-22)12-13-29-25(27)28/h1-3,5-6,8-11,20-21H,4,7,12-17H2,(H2,26,31)(H4,27,28,29)/t20-,21-/m0/s1. The van der Waals surface area contributed by atoms with Crippen molar-refractivity contribution in [1.82, 2.24) is 4.90 Å². The molecule has 8 nitrogen and oxygen atoms in total. The van der Waals surface area contributed by atoms with Crippen LogP contribution in [0.3, 0.4) is 0 Å². The Hall–Kier alpha value is -3.55. The average molecular weight is 452 g/mol. The molecule has 176 valence electrons. The number of aryl methyl sites for hydroxylation is 1. The van der Waals surface area contributed by atoms with Gasteiger partial charge in [-0.25, -0.2) is 0 Å². The Morgan fingerprint density at radius 3 is 2.36 bits per heavy atom. The molecule has 2 aromatic rings. The fourth-order valence-electron chi connectivity index (χ4n) is 4.19. The molecular formula is C25H33N5O3. The molecule has 0 bridgehead atoms. The van der Waals surface area contributed by atoms with Crippen molar-refractivity contribution in [1.29, 1.82) is 0 Å². The van der Waals surface area contributed by atoms with Crippen molar-refractivity contribution in [3.63, 3.8) is 0 Å². The molecule has 1 aliphatic rings. The average Bonchev–Trinajstić information content (AvgIpc) is 3.07. The highest BCUT2D eigenvalue weighted by Gasteiger charge is 2.40. The molecule has 1 saturated heterocycles. The third-order valence-corrected chi connectivity index (χ3v) is 5.85. The molecule has 1 aliphatic heterocycles. The Balaban J connectivity index is 1.56. The number of guanidine groups is 1. The van der Waals surface area contributed by atoms with E-state index < -0.39 is 5.91 Å². The van der Waals surface area contributed by atoms with Crippen molar-refractivity contribution in [2.45, 2.75) is 38.1 Å². The highest BCUT2D eigenvalue weighted by molar-refractivity contribution is 5.87. The maximum Gasteiger partial charge on any atom is 0.226 e. The molecule has 0 spiro atoms. The Bertz CT molecular complexity index is 942. The number of benzene rings is 2. The second-order valence-electron chi connectivity index (χ2n) is 8.39. The predicted octanol–water partition coefficient (Wildman–Crippen LogP) is 1.61. The lowest BCUT2D eigenvalue weighted by Gasteiger charge is -2.25. The van der Waals surface area contributed by atoms with E-state index in [2.05, 4.69) is 17.1 Å². The number of hydrogen-bond acceptors (Lipinski definition) is 4. The predicted molar refractivity (Wildman–Crippen MR) is 129 cm³/mol. The smallest absolute Gasteiger partial charge is 0.226 e. The molecule has 0 saturated carbocycles. The van der Waals surface area contributed by atoms with Crippen LogP contribution in [0.1, 0.15) is 30.4 Å². The zero-order valence-corrected chi connectivity index (χ0v) is 18.9. The third-order valence-electron chi connectivity index (χ3n) is 5.85. The van der Waals surface area contributed by atoms with Crippen LogP contribution in [0.15, 0.2) is 59.6 Å². The number of aliphatic imine (C=N–C) groups is 1. The quantitative estimate of drug-likeness (QED) is 0.333. The Morgan fingerprint density at radius 1 is 1.00 bits per heavy atom. The van der Waals surface area contributed by atoms with Gasteiger partial charge in [0.1, 0.15) is 12.4 Å². The lowest BCUT2D eigenvalue weighted by Crippen LogP contribution is -2.38. The Morgan fingerprint density at radius 2 is 1.70 bits per heavy atom. The van der Waals surface area contributed by atoms with Gasteiger partial charge >= 0.3 is 0 Å². The molecule has 0 aliphatic carbocycles. The fraction of sp³-hybridized carbons (Fsp3) is 0.400. The summed E-state index contributed by atoms with van der Waals surface area (Å²) in [4.78, 5) is 30.2. The first-order valence-electron chi connectivity index (χ1n) is 11.3. The van der Waals surface area contributed by atoms with Gasteiger partial charge in [-0.2, -0.15) is 0 Å². The van der Waals surface area contributed by atoms with Crippen molar-refractivity contribution in [3.05, 3.63) is 65.7 Å². The molecule has 2 atom stereocenters. The minimum Gasteiger partial charge on any atom is -0.491 e. The van der Waals surface area contributed by atoms with Crippen molar-refractivity contribution in [2.24, 2.45) is 28.1 Å². The zero-order chi connectivity index (χ0) is 23.6. The van der Waals surface area contributed by atoms with Gasteiger partial charge in [-0.3, -0.25) is 14.6 Å². The van der Waals surface area contributed by atoms with Crippen LogP contribution in [0, 0.1) is 5.92 Å². The molecule has 0 unspecified atom stereocenters. The summed E-state index contributed by atoms with van der Waals surface area (Å²) in [6.45, 7) is 1.53. The van der Waals surface area contributed by atoms with Crippen LogP contribution in [0.2, 0.25) is 0 Å². The summed E-state index contributed by atoms with van der Waals surface area (Å²) in [7, 11) is 0. The van der Waals surface area contributed by atoms with Gasteiger partial charge in [0, 0.05) is 25.4 Å². The summed E-state index contributed by atoms with van der Waals surface area (Å²) in [5, 5.41) is 0. The second-order valence-corrected chi connectivity index (χ2v) is 8.39. The maximum atomic E-state index is 12.9. The van der Waals surface area contributed by atoms with E-state index in [0.29, 0.717) is 26.1 Å². The van der Waals surface area contributed by atoms with Crippen molar-refractivity contribution >= 4 is 17.8 Å². The van der Waals surface area contributed by atoms with Crippen LogP contribution < -0.4 is 21.9 Å². The SMILES string of the molecule is NC(=O)C[C@@H]1C[C@@H](COc2ccc(CCN=C(N)N)cc2)N(CCCc2ccccc2)C1=O. The number of carbonyl (C=O) groups excluding carboxylic acids is 2. The number of rotatable bonds is 12. The molecule has 0 radical (unpaired) electrons. The largest absolute Gasteiger partial charge is 0.491 e. The Labute approximate surface area is 194 Å². The molecule has 1 heterocycles. The number of hydrogen-bond donors (Lipinski definition) is 3. The number of ether oxygens (including phenoxy) is 1. The molecule has 0 aromatic heterocycles. The number of primary amides is 1. The van der Waals surface area contributed by atoms with Gasteiger partial charge in [0.05, 0.1) is 6.04 Å². The number of carbonyl (C=O) groups is 2. The second kappa shape index (κ2) is 11.9. The van der Waals surface area contributed by atoms with Crippen LogP contribution in [0.5, 0.6) is 5.75 Å². The minimum absolute atomic E-state index is 0.00876. The minimum atomic E-state index is -0.449.